The number of carbonyl (C=O) groups excluding carboxylic acids is 1. The summed E-state index contributed by atoms with van der Waals surface area (Å²) in [4.78, 5) is 13.8. The molecule has 0 radical (unpaired) electrons. The average Bonchev–Trinajstić information content (AvgIpc) is 2.79. The number of halogens is 6. The number of rotatable bonds is 8. The zero-order valence-electron chi connectivity index (χ0n) is 21.7. The summed E-state index contributed by atoms with van der Waals surface area (Å²) in [5.41, 5.74) is 3.01. The highest BCUT2D eigenvalue weighted by Gasteiger charge is 2.45. The fourth-order valence-electron chi connectivity index (χ4n) is 5.91. The van der Waals surface area contributed by atoms with Crippen LogP contribution in [0.1, 0.15) is 75.1 Å². The fourth-order valence-corrected chi connectivity index (χ4v) is 7.23. The lowest BCUT2D eigenvalue weighted by atomic mass is 9.59. The van der Waals surface area contributed by atoms with Crippen LogP contribution in [0.2, 0.25) is 15.1 Å². The van der Waals surface area contributed by atoms with Gasteiger partial charge < -0.3 is 9.64 Å². The van der Waals surface area contributed by atoms with E-state index in [2.05, 4.69) is 18.6 Å². The first-order valence-electron chi connectivity index (χ1n) is 12.4. The largest absolute Gasteiger partial charge is 0.573 e. The number of hydrogen-bond acceptors (Lipinski definition) is 2. The highest BCUT2D eigenvalue weighted by Crippen LogP contribution is 2.53. The summed E-state index contributed by atoms with van der Waals surface area (Å²) in [7, 11) is 0. The van der Waals surface area contributed by atoms with Crippen LogP contribution in [0.5, 0.6) is 5.75 Å². The molecule has 204 valence electrons. The standard InChI is InChI=1S/C28H33Cl3F3NO2/c1-16(2)22-24(29)18(4)23(26(31)25(22)30)27(5)12-6-7-17(3)21(27)14-35(15-36)13-19-8-10-20(11-9-19)37-28(32,33)34/h8-11,15-17,21H,6-7,12-14H2,1-5H3. The normalized spacial score (nSPS) is 22.3. The second kappa shape index (κ2) is 11.6. The van der Waals surface area contributed by atoms with Crippen molar-refractivity contribution >= 4 is 41.2 Å². The lowest BCUT2D eigenvalue weighted by molar-refractivity contribution is -0.274. The molecular formula is C28H33Cl3F3NO2. The van der Waals surface area contributed by atoms with E-state index in [0.29, 0.717) is 33.1 Å². The van der Waals surface area contributed by atoms with Gasteiger partial charge in [-0.1, -0.05) is 87.5 Å². The molecule has 0 N–H and O–H groups in total. The van der Waals surface area contributed by atoms with Gasteiger partial charge in [-0.15, -0.1) is 13.2 Å². The predicted octanol–water partition coefficient (Wildman–Crippen LogP) is 9.33. The monoisotopic (exact) mass is 577 g/mol. The Morgan fingerprint density at radius 1 is 1.14 bits per heavy atom. The van der Waals surface area contributed by atoms with Gasteiger partial charge in [0.25, 0.3) is 0 Å². The minimum absolute atomic E-state index is 0.0625. The van der Waals surface area contributed by atoms with Gasteiger partial charge in [0.15, 0.2) is 0 Å². The maximum Gasteiger partial charge on any atom is 0.573 e. The van der Waals surface area contributed by atoms with Gasteiger partial charge >= 0.3 is 6.36 Å². The van der Waals surface area contributed by atoms with Crippen molar-refractivity contribution in [3.05, 3.63) is 61.6 Å². The lowest BCUT2D eigenvalue weighted by Crippen LogP contribution is -2.46. The van der Waals surface area contributed by atoms with E-state index in [-0.39, 0.29) is 29.5 Å². The van der Waals surface area contributed by atoms with E-state index in [9.17, 15) is 18.0 Å². The molecule has 0 aromatic heterocycles. The Morgan fingerprint density at radius 3 is 2.30 bits per heavy atom. The molecule has 2 aromatic rings. The molecule has 0 bridgehead atoms. The minimum Gasteiger partial charge on any atom is -0.406 e. The molecule has 1 saturated carbocycles. The minimum atomic E-state index is -4.75. The third-order valence-electron chi connectivity index (χ3n) is 7.72. The number of ether oxygens (including phenoxy) is 1. The van der Waals surface area contributed by atoms with E-state index in [1.807, 2.05) is 20.8 Å². The first-order valence-corrected chi connectivity index (χ1v) is 13.5. The molecule has 1 aliphatic carbocycles. The van der Waals surface area contributed by atoms with E-state index in [1.165, 1.54) is 24.3 Å². The summed E-state index contributed by atoms with van der Waals surface area (Å²) in [5.74, 6) is 0.165. The van der Waals surface area contributed by atoms with E-state index >= 15 is 0 Å². The van der Waals surface area contributed by atoms with E-state index in [0.717, 1.165) is 42.4 Å². The van der Waals surface area contributed by atoms with Gasteiger partial charge in [-0.25, -0.2) is 0 Å². The average molecular weight is 579 g/mol. The Morgan fingerprint density at radius 2 is 1.76 bits per heavy atom. The quantitative estimate of drug-likeness (QED) is 0.231. The molecule has 3 rings (SSSR count). The van der Waals surface area contributed by atoms with Crippen molar-refractivity contribution in [1.29, 1.82) is 0 Å². The molecule has 1 fully saturated rings. The van der Waals surface area contributed by atoms with E-state index in [4.69, 9.17) is 34.8 Å². The van der Waals surface area contributed by atoms with Gasteiger partial charge in [-0.05, 0) is 70.9 Å². The third-order valence-corrected chi connectivity index (χ3v) is 9.08. The summed E-state index contributed by atoms with van der Waals surface area (Å²) in [6.45, 7) is 11.1. The van der Waals surface area contributed by atoms with Gasteiger partial charge in [0.2, 0.25) is 6.41 Å². The van der Waals surface area contributed by atoms with Crippen LogP contribution in [0.4, 0.5) is 13.2 Å². The zero-order chi connectivity index (χ0) is 27.7. The maximum absolute atomic E-state index is 12.5. The summed E-state index contributed by atoms with van der Waals surface area (Å²) < 4.78 is 41.4. The Hall–Kier alpha value is -1.63. The molecule has 0 saturated heterocycles. The van der Waals surface area contributed by atoms with Crippen molar-refractivity contribution in [2.75, 3.05) is 6.54 Å². The number of hydrogen-bond donors (Lipinski definition) is 0. The molecule has 3 unspecified atom stereocenters. The van der Waals surface area contributed by atoms with Gasteiger partial charge in [0.05, 0.1) is 10.0 Å². The van der Waals surface area contributed by atoms with Gasteiger partial charge in [0, 0.05) is 18.1 Å². The van der Waals surface area contributed by atoms with Gasteiger partial charge in [-0.3, -0.25) is 4.79 Å². The van der Waals surface area contributed by atoms with Crippen molar-refractivity contribution in [2.45, 2.75) is 78.1 Å². The number of nitrogens with zero attached hydrogens (tertiary/aromatic N) is 1. The second-order valence-electron chi connectivity index (χ2n) is 10.6. The number of amides is 1. The molecule has 3 nitrogen and oxygen atoms in total. The Bertz CT molecular complexity index is 1090. The zero-order valence-corrected chi connectivity index (χ0v) is 24.0. The molecule has 1 aliphatic rings. The SMILES string of the molecule is Cc1c(Cl)c(C(C)C)c(Cl)c(Cl)c1C1(C)CCCC(C)C1CN(C=O)Cc1ccc(OC(F)(F)F)cc1. The predicted molar refractivity (Wildman–Crippen MR) is 144 cm³/mol. The first-order chi connectivity index (χ1) is 17.2. The van der Waals surface area contributed by atoms with Gasteiger partial charge in [-0.2, -0.15) is 0 Å². The topological polar surface area (TPSA) is 29.5 Å². The van der Waals surface area contributed by atoms with Crippen molar-refractivity contribution in [2.24, 2.45) is 11.8 Å². The third kappa shape index (κ3) is 6.51. The van der Waals surface area contributed by atoms with Crippen molar-refractivity contribution in [3.8, 4) is 5.75 Å². The summed E-state index contributed by atoms with van der Waals surface area (Å²) in [5, 5.41) is 1.63. The number of alkyl halides is 3. The second-order valence-corrected chi connectivity index (χ2v) is 11.8. The number of carbonyl (C=O) groups is 1. The molecule has 0 aliphatic heterocycles. The maximum atomic E-state index is 12.5. The van der Waals surface area contributed by atoms with Crippen LogP contribution in [0.3, 0.4) is 0 Å². The highest BCUT2D eigenvalue weighted by molar-refractivity contribution is 6.45. The molecule has 3 atom stereocenters. The van der Waals surface area contributed by atoms with Crippen LogP contribution in [0.25, 0.3) is 0 Å². The summed E-state index contributed by atoms with van der Waals surface area (Å²) >= 11 is 20.6. The van der Waals surface area contributed by atoms with Crippen LogP contribution < -0.4 is 4.74 Å². The summed E-state index contributed by atoms with van der Waals surface area (Å²) in [6.07, 6.45) is -1.08. The van der Waals surface area contributed by atoms with E-state index in [1.54, 1.807) is 4.90 Å². The van der Waals surface area contributed by atoms with Crippen molar-refractivity contribution in [3.63, 3.8) is 0 Å². The molecule has 1 amide bonds. The van der Waals surface area contributed by atoms with Crippen molar-refractivity contribution < 1.29 is 22.7 Å². The molecule has 9 heteroatoms. The molecular weight excluding hydrogens is 546 g/mol. The fraction of sp³-hybridized carbons (Fsp3) is 0.536. The van der Waals surface area contributed by atoms with Crippen LogP contribution >= 0.6 is 34.8 Å². The van der Waals surface area contributed by atoms with E-state index < -0.39 is 6.36 Å². The number of benzene rings is 2. The Kier molecular flexibility index (Phi) is 9.40. The molecule has 37 heavy (non-hydrogen) atoms. The van der Waals surface area contributed by atoms with Crippen LogP contribution in [-0.2, 0) is 16.8 Å². The summed E-state index contributed by atoms with van der Waals surface area (Å²) in [6, 6.07) is 5.57. The van der Waals surface area contributed by atoms with Crippen LogP contribution in [0.15, 0.2) is 24.3 Å². The first kappa shape index (κ1) is 29.9. The molecule has 0 heterocycles. The smallest absolute Gasteiger partial charge is 0.406 e. The molecule has 0 spiro atoms. The Labute approximate surface area is 232 Å². The lowest BCUT2D eigenvalue weighted by Gasteiger charge is -2.48. The Balaban J connectivity index is 1.93. The molecule has 2 aromatic carbocycles. The van der Waals surface area contributed by atoms with Gasteiger partial charge in [0.1, 0.15) is 5.75 Å². The van der Waals surface area contributed by atoms with Crippen molar-refractivity contribution in [1.82, 2.24) is 4.90 Å². The van der Waals surface area contributed by atoms with Crippen LogP contribution in [-0.4, -0.2) is 24.2 Å². The highest BCUT2D eigenvalue weighted by atomic mass is 35.5. The van der Waals surface area contributed by atoms with Crippen LogP contribution in [0, 0.1) is 18.8 Å².